The van der Waals surface area contributed by atoms with Gasteiger partial charge in [0.2, 0.25) is 0 Å². The summed E-state index contributed by atoms with van der Waals surface area (Å²) in [5.74, 6) is 3.74. The Bertz CT molecular complexity index is 773. The van der Waals surface area contributed by atoms with E-state index in [4.69, 9.17) is 9.47 Å². The second kappa shape index (κ2) is 9.42. The van der Waals surface area contributed by atoms with Gasteiger partial charge in [0.05, 0.1) is 17.7 Å². The van der Waals surface area contributed by atoms with Gasteiger partial charge in [0, 0.05) is 17.1 Å². The molecule has 1 aliphatic heterocycles. The van der Waals surface area contributed by atoms with Crippen molar-refractivity contribution >= 4 is 29.4 Å². The lowest BCUT2D eigenvalue weighted by Crippen LogP contribution is -2.31. The number of rotatable bonds is 7. The molecule has 1 N–H and O–H groups in total. The molecule has 0 spiro atoms. The van der Waals surface area contributed by atoms with E-state index in [9.17, 15) is 4.79 Å². The molecule has 1 heterocycles. The molecule has 1 saturated heterocycles. The molecule has 2 aromatic rings. The highest BCUT2D eigenvalue weighted by atomic mass is 32.2. The second-order valence-corrected chi connectivity index (χ2v) is 9.19. The molecular formula is C21H25NO3S2. The monoisotopic (exact) mass is 403 g/mol. The predicted molar refractivity (Wildman–Crippen MR) is 114 cm³/mol. The van der Waals surface area contributed by atoms with Crippen molar-refractivity contribution in [3.05, 3.63) is 59.2 Å². The van der Waals surface area contributed by atoms with Gasteiger partial charge in [-0.25, -0.2) is 0 Å². The zero-order chi connectivity index (χ0) is 19.2. The lowest BCUT2D eigenvalue weighted by atomic mass is 10.0. The standard InChI is InChI=1S/C21H25NO3S2/c1-14-4-9-19(24-3)18(12-14)15(2)22-20(23)13-25-17-7-5-16(6-8-17)21-26-10-11-27-21/h4-9,12,15,21H,10-11,13H2,1-3H3,(H,22,23)/t15-/m1/s1. The Kier molecular flexibility index (Phi) is 6.96. The molecule has 0 saturated carbocycles. The third-order valence-electron chi connectivity index (χ3n) is 4.37. The van der Waals surface area contributed by atoms with E-state index in [0.29, 0.717) is 10.3 Å². The molecule has 0 bridgehead atoms. The first-order chi connectivity index (χ1) is 13.1. The fourth-order valence-corrected chi connectivity index (χ4v) is 5.83. The van der Waals surface area contributed by atoms with Gasteiger partial charge in [-0.2, -0.15) is 0 Å². The van der Waals surface area contributed by atoms with Crippen LogP contribution in [0, 0.1) is 6.92 Å². The summed E-state index contributed by atoms with van der Waals surface area (Å²) in [7, 11) is 1.64. The molecule has 4 nitrogen and oxygen atoms in total. The second-order valence-electron chi connectivity index (χ2n) is 6.47. The van der Waals surface area contributed by atoms with E-state index >= 15 is 0 Å². The third-order valence-corrected chi connectivity index (χ3v) is 7.48. The van der Waals surface area contributed by atoms with Gasteiger partial charge in [-0.3, -0.25) is 4.79 Å². The molecular weight excluding hydrogens is 378 g/mol. The Labute approximate surface area is 169 Å². The Morgan fingerprint density at radius 3 is 2.56 bits per heavy atom. The van der Waals surface area contributed by atoms with Gasteiger partial charge in [0.1, 0.15) is 11.5 Å². The topological polar surface area (TPSA) is 47.6 Å². The summed E-state index contributed by atoms with van der Waals surface area (Å²) in [5.41, 5.74) is 3.39. The first kappa shape index (κ1) is 20.0. The van der Waals surface area contributed by atoms with E-state index in [1.165, 1.54) is 17.1 Å². The Morgan fingerprint density at radius 1 is 1.19 bits per heavy atom. The smallest absolute Gasteiger partial charge is 0.258 e. The maximum absolute atomic E-state index is 12.3. The van der Waals surface area contributed by atoms with Gasteiger partial charge < -0.3 is 14.8 Å². The highest BCUT2D eigenvalue weighted by Crippen LogP contribution is 2.45. The highest BCUT2D eigenvalue weighted by Gasteiger charge is 2.18. The van der Waals surface area contributed by atoms with Crippen molar-refractivity contribution < 1.29 is 14.3 Å². The molecule has 144 valence electrons. The van der Waals surface area contributed by atoms with Crippen LogP contribution in [0.3, 0.4) is 0 Å². The summed E-state index contributed by atoms with van der Waals surface area (Å²) in [5, 5.41) is 2.97. The van der Waals surface area contributed by atoms with Crippen LogP contribution in [0.15, 0.2) is 42.5 Å². The van der Waals surface area contributed by atoms with Crippen molar-refractivity contribution in [2.75, 3.05) is 25.2 Å². The average Bonchev–Trinajstić information content (AvgIpc) is 3.21. The van der Waals surface area contributed by atoms with Crippen LogP contribution < -0.4 is 14.8 Å². The number of benzene rings is 2. The molecule has 27 heavy (non-hydrogen) atoms. The van der Waals surface area contributed by atoms with Crippen molar-refractivity contribution in [2.45, 2.75) is 24.5 Å². The van der Waals surface area contributed by atoms with Crippen LogP contribution in [-0.4, -0.2) is 31.1 Å². The van der Waals surface area contributed by atoms with Gasteiger partial charge >= 0.3 is 0 Å². The van der Waals surface area contributed by atoms with Crippen LogP contribution in [0.2, 0.25) is 0 Å². The minimum atomic E-state index is -0.158. The van der Waals surface area contributed by atoms with Crippen LogP contribution in [0.1, 0.15) is 34.2 Å². The summed E-state index contributed by atoms with van der Waals surface area (Å²) in [6.07, 6.45) is 0. The molecule has 2 aromatic carbocycles. The number of aryl methyl sites for hydroxylation is 1. The molecule has 0 radical (unpaired) electrons. The van der Waals surface area contributed by atoms with Crippen molar-refractivity contribution in [3.63, 3.8) is 0 Å². The minimum absolute atomic E-state index is 0.00918. The molecule has 0 aliphatic carbocycles. The summed E-state index contributed by atoms with van der Waals surface area (Å²) in [4.78, 5) is 12.3. The molecule has 1 atom stereocenters. The first-order valence-electron chi connectivity index (χ1n) is 8.96. The minimum Gasteiger partial charge on any atom is -0.496 e. The summed E-state index contributed by atoms with van der Waals surface area (Å²) in [6.45, 7) is 3.96. The molecule has 1 amide bonds. The van der Waals surface area contributed by atoms with E-state index < -0.39 is 0 Å². The zero-order valence-corrected chi connectivity index (χ0v) is 17.5. The van der Waals surface area contributed by atoms with Gasteiger partial charge in [0.15, 0.2) is 6.61 Å². The van der Waals surface area contributed by atoms with E-state index in [0.717, 1.165) is 16.9 Å². The van der Waals surface area contributed by atoms with Crippen LogP contribution in [0.5, 0.6) is 11.5 Å². The molecule has 1 fully saturated rings. The quantitative estimate of drug-likeness (QED) is 0.724. The van der Waals surface area contributed by atoms with Crippen LogP contribution in [0.25, 0.3) is 0 Å². The zero-order valence-electron chi connectivity index (χ0n) is 15.9. The maximum atomic E-state index is 12.3. The highest BCUT2D eigenvalue weighted by molar-refractivity contribution is 8.19. The predicted octanol–water partition coefficient (Wildman–Crippen LogP) is 4.74. The average molecular weight is 404 g/mol. The first-order valence-corrected chi connectivity index (χ1v) is 11.1. The lowest BCUT2D eigenvalue weighted by molar-refractivity contribution is -0.123. The number of ether oxygens (including phenoxy) is 2. The largest absolute Gasteiger partial charge is 0.496 e. The number of methoxy groups -OCH3 is 1. The lowest BCUT2D eigenvalue weighted by Gasteiger charge is -2.18. The third kappa shape index (κ3) is 5.36. The molecule has 6 heteroatoms. The van der Waals surface area contributed by atoms with Gasteiger partial charge in [-0.05, 0) is 37.6 Å². The molecule has 0 unspecified atom stereocenters. The van der Waals surface area contributed by atoms with Crippen molar-refractivity contribution in [1.82, 2.24) is 5.32 Å². The fraction of sp³-hybridized carbons (Fsp3) is 0.381. The van der Waals surface area contributed by atoms with Crippen molar-refractivity contribution in [3.8, 4) is 11.5 Å². The molecule has 3 rings (SSSR count). The van der Waals surface area contributed by atoms with Gasteiger partial charge in [0.25, 0.3) is 5.91 Å². The van der Waals surface area contributed by atoms with E-state index in [1.54, 1.807) is 7.11 Å². The number of thioether (sulfide) groups is 2. The summed E-state index contributed by atoms with van der Waals surface area (Å²) < 4.78 is 11.6. The van der Waals surface area contributed by atoms with E-state index in [-0.39, 0.29) is 18.6 Å². The summed E-state index contributed by atoms with van der Waals surface area (Å²) in [6, 6.07) is 13.8. The fourth-order valence-electron chi connectivity index (χ4n) is 2.97. The molecule has 0 aromatic heterocycles. The Balaban J connectivity index is 1.52. The van der Waals surface area contributed by atoms with E-state index in [2.05, 4.69) is 17.4 Å². The summed E-state index contributed by atoms with van der Waals surface area (Å²) >= 11 is 3.95. The van der Waals surface area contributed by atoms with Crippen molar-refractivity contribution in [1.29, 1.82) is 0 Å². The van der Waals surface area contributed by atoms with Crippen LogP contribution in [-0.2, 0) is 4.79 Å². The molecule has 1 aliphatic rings. The number of amides is 1. The number of carbonyl (C=O) groups excluding carboxylic acids is 1. The van der Waals surface area contributed by atoms with Crippen molar-refractivity contribution in [2.24, 2.45) is 0 Å². The normalized spacial score (nSPS) is 15.4. The maximum Gasteiger partial charge on any atom is 0.258 e. The Hall–Kier alpha value is -1.79. The number of hydrogen-bond acceptors (Lipinski definition) is 5. The Morgan fingerprint density at radius 2 is 1.89 bits per heavy atom. The number of hydrogen-bond donors (Lipinski definition) is 1. The van der Waals surface area contributed by atoms with Crippen LogP contribution in [0.4, 0.5) is 0 Å². The number of carbonyl (C=O) groups is 1. The number of nitrogens with one attached hydrogen (secondary N) is 1. The van der Waals surface area contributed by atoms with Gasteiger partial charge in [-0.1, -0.05) is 29.8 Å². The van der Waals surface area contributed by atoms with Crippen LogP contribution >= 0.6 is 23.5 Å². The van der Waals surface area contributed by atoms with Gasteiger partial charge in [-0.15, -0.1) is 23.5 Å². The SMILES string of the molecule is COc1ccc(C)cc1[C@@H](C)NC(=O)COc1ccc(C2SCCS2)cc1. The van der Waals surface area contributed by atoms with E-state index in [1.807, 2.05) is 67.7 Å².